The molecule has 0 bridgehead atoms. The lowest BCUT2D eigenvalue weighted by Gasteiger charge is -2.12. The van der Waals surface area contributed by atoms with E-state index in [0.717, 1.165) is 21.9 Å². The van der Waals surface area contributed by atoms with Crippen LogP contribution in [0.3, 0.4) is 0 Å². The Morgan fingerprint density at radius 3 is 2.58 bits per heavy atom. The van der Waals surface area contributed by atoms with E-state index in [0.29, 0.717) is 15.8 Å². The number of aliphatic carboxylic acids is 1. The molecule has 1 aromatic carbocycles. The zero-order valence-corrected chi connectivity index (χ0v) is 15.5. The summed E-state index contributed by atoms with van der Waals surface area (Å²) in [6.07, 6.45) is 0. The van der Waals surface area contributed by atoms with Gasteiger partial charge in [-0.3, -0.25) is 18.7 Å². The zero-order valence-electron chi connectivity index (χ0n) is 14.0. The second kappa shape index (κ2) is 7.00. The molecule has 0 saturated carbocycles. The fourth-order valence-electron chi connectivity index (χ4n) is 2.65. The van der Waals surface area contributed by atoms with E-state index in [1.807, 2.05) is 12.1 Å². The Morgan fingerprint density at radius 2 is 1.92 bits per heavy atom. The Kier molecular flexibility index (Phi) is 4.92. The van der Waals surface area contributed by atoms with E-state index in [4.69, 9.17) is 16.7 Å². The molecule has 136 valence electrons. The molecule has 1 N–H and O–H groups in total. The van der Waals surface area contributed by atoms with Crippen molar-refractivity contribution in [3.63, 3.8) is 0 Å². The van der Waals surface area contributed by atoms with E-state index in [-0.39, 0.29) is 17.8 Å². The van der Waals surface area contributed by atoms with Crippen molar-refractivity contribution < 1.29 is 9.90 Å². The van der Waals surface area contributed by atoms with Crippen LogP contribution in [-0.4, -0.2) is 35.5 Å². The third-order valence-electron chi connectivity index (χ3n) is 3.92. The van der Waals surface area contributed by atoms with Gasteiger partial charge in [0.05, 0.1) is 12.3 Å². The van der Waals surface area contributed by atoms with Gasteiger partial charge in [-0.1, -0.05) is 41.6 Å². The Bertz CT molecular complexity index is 1130. The number of carboxylic acids is 1. The van der Waals surface area contributed by atoms with Crippen LogP contribution in [0.15, 0.2) is 39.0 Å². The van der Waals surface area contributed by atoms with Gasteiger partial charge in [0, 0.05) is 19.1 Å². The monoisotopic (exact) mass is 394 g/mol. The fourth-order valence-corrected chi connectivity index (χ4v) is 3.56. The number of carboxylic acid groups (broad SMARTS) is 1. The maximum atomic E-state index is 12.4. The second-order valence-corrected chi connectivity index (χ2v) is 6.98. The molecule has 0 aliphatic carbocycles. The Labute approximate surface area is 156 Å². The molecule has 3 aromatic rings. The first kappa shape index (κ1) is 18.3. The number of hydrogen-bond donors (Lipinski definition) is 1. The van der Waals surface area contributed by atoms with Gasteiger partial charge in [0.1, 0.15) is 0 Å². The zero-order chi connectivity index (χ0) is 19.0. The SMILES string of the molecule is Cn1c(=O)c2nc(SCC(=O)O)n(Cc3ccccc3Cl)c2n(C)c1=O. The van der Waals surface area contributed by atoms with Gasteiger partial charge >= 0.3 is 11.7 Å². The molecule has 0 saturated heterocycles. The van der Waals surface area contributed by atoms with E-state index in [9.17, 15) is 14.4 Å². The van der Waals surface area contributed by atoms with Crippen LogP contribution < -0.4 is 11.2 Å². The molecule has 2 heterocycles. The lowest BCUT2D eigenvalue weighted by molar-refractivity contribution is -0.133. The standard InChI is InChI=1S/C16H15ClN4O4S/c1-19-13-12(14(24)20(2)16(19)25)18-15(26-8-11(22)23)21(13)7-9-5-3-4-6-10(9)17/h3-6H,7-8H2,1-2H3,(H,22,23). The molecule has 0 amide bonds. The average Bonchev–Trinajstić information content (AvgIpc) is 2.97. The van der Waals surface area contributed by atoms with Gasteiger partial charge in [0.15, 0.2) is 16.3 Å². The number of imidazole rings is 1. The van der Waals surface area contributed by atoms with Gasteiger partial charge in [-0.05, 0) is 11.6 Å². The third-order valence-corrected chi connectivity index (χ3v) is 5.25. The molecule has 0 atom stereocenters. The number of benzene rings is 1. The smallest absolute Gasteiger partial charge is 0.332 e. The van der Waals surface area contributed by atoms with Crippen LogP contribution in [0.4, 0.5) is 0 Å². The molecular formula is C16H15ClN4O4S. The number of rotatable bonds is 5. The number of hydrogen-bond acceptors (Lipinski definition) is 5. The quantitative estimate of drug-likeness (QED) is 0.655. The van der Waals surface area contributed by atoms with E-state index >= 15 is 0 Å². The van der Waals surface area contributed by atoms with Gasteiger partial charge in [0.25, 0.3) is 5.56 Å². The van der Waals surface area contributed by atoms with Crippen molar-refractivity contribution >= 4 is 40.5 Å². The van der Waals surface area contributed by atoms with Crippen LogP contribution in [0, 0.1) is 0 Å². The molecule has 2 aromatic heterocycles. The van der Waals surface area contributed by atoms with E-state index in [1.54, 1.807) is 23.7 Å². The predicted octanol–water partition coefficient (Wildman–Crippen LogP) is 1.31. The molecule has 0 aliphatic heterocycles. The van der Waals surface area contributed by atoms with Crippen LogP contribution >= 0.6 is 23.4 Å². The highest BCUT2D eigenvalue weighted by molar-refractivity contribution is 7.99. The highest BCUT2D eigenvalue weighted by Crippen LogP contribution is 2.25. The highest BCUT2D eigenvalue weighted by Gasteiger charge is 2.20. The minimum absolute atomic E-state index is 0.106. The summed E-state index contributed by atoms with van der Waals surface area (Å²) >= 11 is 7.21. The number of carbonyl (C=O) groups is 1. The van der Waals surface area contributed by atoms with Crippen LogP contribution in [0.2, 0.25) is 5.02 Å². The summed E-state index contributed by atoms with van der Waals surface area (Å²) in [6.45, 7) is 0.249. The molecular weight excluding hydrogens is 380 g/mol. The first-order valence-electron chi connectivity index (χ1n) is 7.55. The van der Waals surface area contributed by atoms with Crippen molar-refractivity contribution in [3.8, 4) is 0 Å². The number of aryl methyl sites for hydroxylation is 1. The van der Waals surface area contributed by atoms with E-state index < -0.39 is 17.2 Å². The minimum Gasteiger partial charge on any atom is -0.481 e. The Morgan fingerprint density at radius 1 is 1.23 bits per heavy atom. The first-order valence-corrected chi connectivity index (χ1v) is 8.92. The van der Waals surface area contributed by atoms with Crippen molar-refractivity contribution in [2.24, 2.45) is 14.1 Å². The van der Waals surface area contributed by atoms with Crippen LogP contribution in [0.1, 0.15) is 5.56 Å². The number of halogens is 1. The van der Waals surface area contributed by atoms with Gasteiger partial charge in [-0.15, -0.1) is 0 Å². The molecule has 0 fully saturated rings. The summed E-state index contributed by atoms with van der Waals surface area (Å²) in [7, 11) is 2.92. The fraction of sp³-hybridized carbons (Fsp3) is 0.250. The van der Waals surface area contributed by atoms with Crippen molar-refractivity contribution in [2.75, 3.05) is 5.75 Å². The number of thioether (sulfide) groups is 1. The minimum atomic E-state index is -1.01. The first-order chi connectivity index (χ1) is 12.3. The van der Waals surface area contributed by atoms with Crippen molar-refractivity contribution in [2.45, 2.75) is 11.7 Å². The highest BCUT2D eigenvalue weighted by atomic mass is 35.5. The normalized spacial score (nSPS) is 11.2. The van der Waals surface area contributed by atoms with Crippen LogP contribution in [0.5, 0.6) is 0 Å². The second-order valence-electron chi connectivity index (χ2n) is 5.63. The van der Waals surface area contributed by atoms with Gasteiger partial charge in [-0.25, -0.2) is 9.78 Å². The summed E-state index contributed by atoms with van der Waals surface area (Å²) in [4.78, 5) is 40.0. The molecule has 8 nitrogen and oxygen atoms in total. The molecule has 10 heteroatoms. The van der Waals surface area contributed by atoms with Crippen molar-refractivity contribution in [3.05, 3.63) is 55.7 Å². The Hall–Kier alpha value is -2.52. The lowest BCUT2D eigenvalue weighted by atomic mass is 10.2. The number of nitrogens with zero attached hydrogens (tertiary/aromatic N) is 4. The van der Waals surface area contributed by atoms with Crippen molar-refractivity contribution in [1.82, 2.24) is 18.7 Å². The maximum absolute atomic E-state index is 12.4. The third kappa shape index (κ3) is 3.15. The summed E-state index contributed by atoms with van der Waals surface area (Å²) < 4.78 is 3.94. The summed E-state index contributed by atoms with van der Waals surface area (Å²) in [5.41, 5.74) is 0.176. The van der Waals surface area contributed by atoms with Crippen LogP contribution in [0.25, 0.3) is 11.2 Å². The molecule has 0 unspecified atom stereocenters. The van der Waals surface area contributed by atoms with Gasteiger partial charge in [-0.2, -0.15) is 0 Å². The maximum Gasteiger partial charge on any atom is 0.332 e. The molecule has 3 rings (SSSR count). The van der Waals surface area contributed by atoms with Gasteiger partial charge in [0.2, 0.25) is 0 Å². The lowest BCUT2D eigenvalue weighted by Crippen LogP contribution is -2.37. The van der Waals surface area contributed by atoms with E-state index in [1.165, 1.54) is 11.6 Å². The number of aromatic nitrogens is 4. The average molecular weight is 395 g/mol. The summed E-state index contributed by atoms with van der Waals surface area (Å²) in [5.74, 6) is -1.23. The molecule has 0 spiro atoms. The largest absolute Gasteiger partial charge is 0.481 e. The number of fused-ring (bicyclic) bond motifs is 1. The molecule has 0 aliphatic rings. The Balaban J connectivity index is 2.28. The summed E-state index contributed by atoms with van der Waals surface area (Å²) in [5, 5.41) is 9.83. The van der Waals surface area contributed by atoms with Gasteiger partial charge < -0.3 is 9.67 Å². The topological polar surface area (TPSA) is 99.1 Å². The van der Waals surface area contributed by atoms with Crippen LogP contribution in [-0.2, 0) is 25.4 Å². The summed E-state index contributed by atoms with van der Waals surface area (Å²) in [6, 6.07) is 7.17. The van der Waals surface area contributed by atoms with E-state index in [2.05, 4.69) is 4.98 Å². The van der Waals surface area contributed by atoms with Crippen molar-refractivity contribution in [1.29, 1.82) is 0 Å². The molecule has 26 heavy (non-hydrogen) atoms. The molecule has 0 radical (unpaired) electrons. The predicted molar refractivity (Wildman–Crippen MR) is 99.1 cm³/mol.